The van der Waals surface area contributed by atoms with E-state index in [9.17, 15) is 0 Å². The predicted molar refractivity (Wildman–Crippen MR) is 50.6 cm³/mol. The van der Waals surface area contributed by atoms with Crippen molar-refractivity contribution in [1.82, 2.24) is 0 Å². The van der Waals surface area contributed by atoms with Crippen LogP contribution < -0.4 is 0 Å². The molecule has 0 spiro atoms. The van der Waals surface area contributed by atoms with Gasteiger partial charge in [-0.25, -0.2) is 0 Å². The van der Waals surface area contributed by atoms with Crippen molar-refractivity contribution in [1.29, 1.82) is 0 Å². The number of alkyl halides is 1. The van der Waals surface area contributed by atoms with Gasteiger partial charge in [-0.15, -0.1) is 0 Å². The van der Waals surface area contributed by atoms with Crippen molar-refractivity contribution in [2.45, 2.75) is 48.8 Å². The maximum Gasteiger partial charge on any atom is 0.0841 e. The van der Waals surface area contributed by atoms with Crippen LogP contribution in [-0.2, 0) is 9.47 Å². The van der Waals surface area contributed by atoms with Crippen LogP contribution in [0.25, 0.3) is 0 Å². The van der Waals surface area contributed by atoms with Gasteiger partial charge in [-0.1, -0.05) is 15.9 Å². The van der Waals surface area contributed by atoms with Crippen molar-refractivity contribution in [3.05, 3.63) is 0 Å². The first-order valence-corrected chi connectivity index (χ1v) is 5.55. The van der Waals surface area contributed by atoms with E-state index in [-0.39, 0.29) is 0 Å². The van der Waals surface area contributed by atoms with Gasteiger partial charge in [0.15, 0.2) is 0 Å². The Bertz CT molecular complexity index is 163. The highest BCUT2D eigenvalue weighted by Gasteiger charge is 2.38. The van der Waals surface area contributed by atoms with Crippen LogP contribution in [-0.4, -0.2) is 30.2 Å². The van der Waals surface area contributed by atoms with Crippen LogP contribution in [0, 0.1) is 0 Å². The highest BCUT2D eigenvalue weighted by atomic mass is 79.9. The molecular formula is C9H15BrO2. The molecule has 3 heteroatoms. The van der Waals surface area contributed by atoms with Crippen LogP contribution in [0.5, 0.6) is 0 Å². The van der Waals surface area contributed by atoms with Gasteiger partial charge in [0, 0.05) is 11.9 Å². The summed E-state index contributed by atoms with van der Waals surface area (Å²) >= 11 is 3.67. The van der Waals surface area contributed by atoms with Crippen LogP contribution in [0.1, 0.15) is 25.7 Å². The van der Waals surface area contributed by atoms with Gasteiger partial charge >= 0.3 is 0 Å². The van der Waals surface area contributed by atoms with E-state index in [0.29, 0.717) is 23.1 Å². The highest BCUT2D eigenvalue weighted by molar-refractivity contribution is 9.09. The minimum atomic E-state index is 0.331. The molecule has 0 amide bonds. The number of rotatable bonds is 1. The van der Waals surface area contributed by atoms with Crippen LogP contribution in [0.15, 0.2) is 0 Å². The van der Waals surface area contributed by atoms with Gasteiger partial charge in [0.25, 0.3) is 0 Å². The van der Waals surface area contributed by atoms with E-state index in [1.54, 1.807) is 7.11 Å². The fourth-order valence-corrected chi connectivity index (χ4v) is 2.85. The smallest absolute Gasteiger partial charge is 0.0841 e. The first-order chi connectivity index (χ1) is 5.81. The summed E-state index contributed by atoms with van der Waals surface area (Å²) in [5.74, 6) is 0. The molecule has 0 aromatic heterocycles. The van der Waals surface area contributed by atoms with Gasteiger partial charge in [-0.3, -0.25) is 0 Å². The summed E-state index contributed by atoms with van der Waals surface area (Å²) in [5, 5.41) is 0. The molecule has 4 atom stereocenters. The molecule has 0 aromatic carbocycles. The number of hydrogen-bond donors (Lipinski definition) is 0. The number of methoxy groups -OCH3 is 1. The second kappa shape index (κ2) is 3.64. The van der Waals surface area contributed by atoms with E-state index in [1.807, 2.05) is 0 Å². The molecule has 0 radical (unpaired) electrons. The molecule has 12 heavy (non-hydrogen) atoms. The molecule has 0 aliphatic carbocycles. The molecule has 2 fully saturated rings. The third kappa shape index (κ3) is 1.54. The molecule has 2 heterocycles. The summed E-state index contributed by atoms with van der Waals surface area (Å²) in [6, 6.07) is 0. The molecular weight excluding hydrogens is 220 g/mol. The molecule has 2 aliphatic heterocycles. The molecule has 0 aromatic rings. The Morgan fingerprint density at radius 2 is 1.92 bits per heavy atom. The predicted octanol–water partition coefficient (Wildman–Crippen LogP) is 2.11. The Hall–Kier alpha value is 0.400. The summed E-state index contributed by atoms with van der Waals surface area (Å²) in [4.78, 5) is 0.544. The quantitative estimate of drug-likeness (QED) is 0.648. The maximum atomic E-state index is 5.87. The van der Waals surface area contributed by atoms with Gasteiger partial charge in [0.05, 0.1) is 18.3 Å². The monoisotopic (exact) mass is 234 g/mol. The van der Waals surface area contributed by atoms with Crippen LogP contribution >= 0.6 is 15.9 Å². The Morgan fingerprint density at radius 3 is 2.67 bits per heavy atom. The van der Waals surface area contributed by atoms with E-state index >= 15 is 0 Å². The minimum Gasteiger partial charge on any atom is -0.379 e. The molecule has 2 saturated heterocycles. The molecule has 2 aliphatic rings. The van der Waals surface area contributed by atoms with Gasteiger partial charge in [0.1, 0.15) is 0 Å². The maximum absolute atomic E-state index is 5.87. The highest BCUT2D eigenvalue weighted by Crippen LogP contribution is 2.35. The summed E-state index contributed by atoms with van der Waals surface area (Å²) in [6.45, 7) is 0. The third-order valence-corrected chi connectivity index (χ3v) is 3.98. The Morgan fingerprint density at radius 1 is 1.17 bits per heavy atom. The molecule has 0 unspecified atom stereocenters. The fraction of sp³-hybridized carbons (Fsp3) is 1.00. The van der Waals surface area contributed by atoms with Gasteiger partial charge in [-0.2, -0.15) is 0 Å². The lowest BCUT2D eigenvalue weighted by Gasteiger charge is -2.19. The second-order valence-electron chi connectivity index (χ2n) is 3.66. The fourth-order valence-electron chi connectivity index (χ4n) is 2.19. The first-order valence-electron chi connectivity index (χ1n) is 4.63. The van der Waals surface area contributed by atoms with E-state index in [0.717, 1.165) is 6.42 Å². The molecule has 0 saturated carbocycles. The van der Waals surface area contributed by atoms with Gasteiger partial charge < -0.3 is 9.47 Å². The zero-order valence-corrected chi connectivity index (χ0v) is 8.92. The first kappa shape index (κ1) is 8.97. The number of halogens is 1. The van der Waals surface area contributed by atoms with Crippen LogP contribution in [0.4, 0.5) is 0 Å². The lowest BCUT2D eigenvalue weighted by atomic mass is 9.98. The van der Waals surface area contributed by atoms with Crippen molar-refractivity contribution < 1.29 is 9.47 Å². The molecule has 2 bridgehead atoms. The number of hydrogen-bond acceptors (Lipinski definition) is 2. The summed E-state index contributed by atoms with van der Waals surface area (Å²) in [6.07, 6.45) is 5.81. The van der Waals surface area contributed by atoms with Crippen LogP contribution in [0.3, 0.4) is 0 Å². The van der Waals surface area contributed by atoms with Gasteiger partial charge in [-0.05, 0) is 25.7 Å². The average molecular weight is 235 g/mol. The number of ether oxygens (including phenoxy) is 2. The molecule has 2 nitrogen and oxygen atoms in total. The second-order valence-corrected chi connectivity index (χ2v) is 4.83. The van der Waals surface area contributed by atoms with E-state index in [1.165, 1.54) is 19.3 Å². The summed E-state index contributed by atoms with van der Waals surface area (Å²) in [5.41, 5.74) is 0. The number of fused-ring (bicyclic) bond motifs is 2. The standard InChI is InChI=1S/C9H15BrO2/c1-11-8-3-2-6(10)7-4-5-9(8)12-7/h6-9H,2-5H2,1H3/t6-,7-,8+,9+/m0/s1. The molecule has 0 N–H and O–H groups in total. The van der Waals surface area contributed by atoms with Gasteiger partial charge in [0.2, 0.25) is 0 Å². The lowest BCUT2D eigenvalue weighted by Crippen LogP contribution is -2.26. The minimum absolute atomic E-state index is 0.331. The lowest BCUT2D eigenvalue weighted by molar-refractivity contribution is -0.0393. The van der Waals surface area contributed by atoms with Crippen LogP contribution in [0.2, 0.25) is 0 Å². The Labute approximate surface area is 81.7 Å². The van der Waals surface area contributed by atoms with Crippen molar-refractivity contribution in [2.24, 2.45) is 0 Å². The zero-order chi connectivity index (χ0) is 8.55. The normalized spacial score (nSPS) is 47.5. The molecule has 70 valence electrons. The average Bonchev–Trinajstić information content (AvgIpc) is 2.47. The largest absolute Gasteiger partial charge is 0.379 e. The van der Waals surface area contributed by atoms with Crippen molar-refractivity contribution in [3.63, 3.8) is 0 Å². The SMILES string of the molecule is CO[C@@H]1CC[C@H](Br)[C@@H]2CC[C@H]1O2. The topological polar surface area (TPSA) is 18.5 Å². The summed E-state index contributed by atoms with van der Waals surface area (Å²) in [7, 11) is 1.79. The van der Waals surface area contributed by atoms with Crippen molar-refractivity contribution in [2.75, 3.05) is 7.11 Å². The summed E-state index contributed by atoms with van der Waals surface area (Å²) < 4.78 is 11.3. The zero-order valence-electron chi connectivity index (χ0n) is 7.33. The third-order valence-electron chi connectivity index (χ3n) is 2.93. The molecule has 2 rings (SSSR count). The van der Waals surface area contributed by atoms with E-state index in [2.05, 4.69) is 15.9 Å². The Kier molecular flexibility index (Phi) is 2.72. The van der Waals surface area contributed by atoms with E-state index < -0.39 is 0 Å². The van der Waals surface area contributed by atoms with Crippen molar-refractivity contribution in [3.8, 4) is 0 Å². The Balaban J connectivity index is 2.05. The van der Waals surface area contributed by atoms with E-state index in [4.69, 9.17) is 9.47 Å². The van der Waals surface area contributed by atoms with Crippen molar-refractivity contribution >= 4 is 15.9 Å².